The van der Waals surface area contributed by atoms with E-state index in [1.807, 2.05) is 19.9 Å². The minimum Gasteiger partial charge on any atom is -0.478 e. The van der Waals surface area contributed by atoms with E-state index >= 15 is 0 Å². The summed E-state index contributed by atoms with van der Waals surface area (Å²) in [5, 5.41) is 12.0. The molecule has 0 saturated carbocycles. The molecule has 2 aromatic carbocycles. The Kier molecular flexibility index (Phi) is 4.84. The second-order valence-corrected chi connectivity index (χ2v) is 5.76. The van der Waals surface area contributed by atoms with Gasteiger partial charge in [-0.25, -0.2) is 4.79 Å². The smallest absolute Gasteiger partial charge is 0.335 e. The molecule has 120 valence electrons. The highest BCUT2D eigenvalue weighted by molar-refractivity contribution is 6.05. The summed E-state index contributed by atoms with van der Waals surface area (Å²) >= 11 is 0. The number of nitrogens with one attached hydrogen (secondary N) is 1. The number of aromatic carboxylic acids is 1. The molecule has 0 bridgehead atoms. The van der Waals surface area contributed by atoms with E-state index in [-0.39, 0.29) is 11.5 Å². The molecule has 0 saturated heterocycles. The zero-order chi connectivity index (χ0) is 17.1. The lowest BCUT2D eigenvalue weighted by atomic mass is 10.0. The summed E-state index contributed by atoms with van der Waals surface area (Å²) in [7, 11) is 0. The number of benzene rings is 2. The summed E-state index contributed by atoms with van der Waals surface area (Å²) in [6.07, 6.45) is 0.828. The van der Waals surface area contributed by atoms with Crippen LogP contribution in [0.1, 0.15) is 49.9 Å². The molecule has 2 N–H and O–H groups in total. The lowest BCUT2D eigenvalue weighted by Crippen LogP contribution is -2.15. The molecule has 0 atom stereocenters. The lowest BCUT2D eigenvalue weighted by molar-refractivity contribution is 0.0695. The molecule has 1 amide bonds. The second-order valence-electron chi connectivity index (χ2n) is 5.76. The number of aryl methyl sites for hydroxylation is 4. The minimum atomic E-state index is -0.989. The predicted octanol–water partition coefficient (Wildman–Crippen LogP) is 4.12. The fourth-order valence-electron chi connectivity index (χ4n) is 2.74. The number of anilines is 1. The third kappa shape index (κ3) is 3.59. The Bertz CT molecular complexity index is 778. The maximum Gasteiger partial charge on any atom is 0.335 e. The Balaban J connectivity index is 2.33. The van der Waals surface area contributed by atoms with Gasteiger partial charge in [0.1, 0.15) is 0 Å². The van der Waals surface area contributed by atoms with E-state index in [9.17, 15) is 9.59 Å². The second kappa shape index (κ2) is 6.65. The van der Waals surface area contributed by atoms with Crippen molar-refractivity contribution in [2.75, 3.05) is 5.32 Å². The van der Waals surface area contributed by atoms with Crippen molar-refractivity contribution in [1.29, 1.82) is 0 Å². The van der Waals surface area contributed by atoms with E-state index in [0.717, 1.165) is 23.2 Å². The van der Waals surface area contributed by atoms with Gasteiger partial charge in [0, 0.05) is 11.3 Å². The van der Waals surface area contributed by atoms with Crippen molar-refractivity contribution in [3.8, 4) is 0 Å². The number of hydrogen-bond donors (Lipinski definition) is 2. The fourth-order valence-corrected chi connectivity index (χ4v) is 2.74. The predicted molar refractivity (Wildman–Crippen MR) is 91.4 cm³/mol. The van der Waals surface area contributed by atoms with Crippen molar-refractivity contribution in [3.63, 3.8) is 0 Å². The molecular weight excluding hydrogens is 290 g/mol. The fraction of sp³-hybridized carbons (Fsp3) is 0.263. The summed E-state index contributed by atoms with van der Waals surface area (Å²) in [6.45, 7) is 7.75. The van der Waals surface area contributed by atoms with E-state index in [4.69, 9.17) is 5.11 Å². The van der Waals surface area contributed by atoms with Gasteiger partial charge in [-0.05, 0) is 62.1 Å². The van der Waals surface area contributed by atoms with Crippen LogP contribution in [0.2, 0.25) is 0 Å². The molecule has 0 spiro atoms. The van der Waals surface area contributed by atoms with Crippen LogP contribution in [0.4, 0.5) is 5.69 Å². The maximum atomic E-state index is 12.5. The van der Waals surface area contributed by atoms with Gasteiger partial charge in [0.2, 0.25) is 0 Å². The third-order valence-corrected chi connectivity index (χ3v) is 3.90. The van der Waals surface area contributed by atoms with Crippen LogP contribution < -0.4 is 5.32 Å². The van der Waals surface area contributed by atoms with Gasteiger partial charge in [-0.2, -0.15) is 0 Å². The first kappa shape index (κ1) is 16.7. The molecule has 0 aliphatic carbocycles. The highest BCUT2D eigenvalue weighted by atomic mass is 16.4. The molecule has 0 heterocycles. The van der Waals surface area contributed by atoms with Gasteiger partial charge in [0.15, 0.2) is 0 Å². The van der Waals surface area contributed by atoms with Crippen LogP contribution in [-0.2, 0) is 6.42 Å². The molecule has 4 heteroatoms. The molecule has 0 radical (unpaired) electrons. The van der Waals surface area contributed by atoms with Crippen molar-refractivity contribution in [2.45, 2.75) is 34.1 Å². The van der Waals surface area contributed by atoms with Crippen molar-refractivity contribution in [3.05, 3.63) is 63.7 Å². The third-order valence-electron chi connectivity index (χ3n) is 3.90. The van der Waals surface area contributed by atoms with Crippen LogP contribution >= 0.6 is 0 Å². The van der Waals surface area contributed by atoms with Gasteiger partial charge < -0.3 is 10.4 Å². The monoisotopic (exact) mass is 311 g/mol. The number of carboxylic acid groups (broad SMARTS) is 1. The van der Waals surface area contributed by atoms with E-state index < -0.39 is 5.97 Å². The summed E-state index contributed by atoms with van der Waals surface area (Å²) in [4.78, 5) is 23.5. The quantitative estimate of drug-likeness (QED) is 0.892. The Labute approximate surface area is 136 Å². The van der Waals surface area contributed by atoms with Crippen LogP contribution in [0, 0.1) is 20.8 Å². The van der Waals surface area contributed by atoms with Gasteiger partial charge in [-0.15, -0.1) is 0 Å². The zero-order valence-corrected chi connectivity index (χ0v) is 13.9. The van der Waals surface area contributed by atoms with Crippen molar-refractivity contribution < 1.29 is 14.7 Å². The van der Waals surface area contributed by atoms with Gasteiger partial charge in [0.05, 0.1) is 5.56 Å². The number of carbonyl (C=O) groups excluding carboxylic acids is 1. The summed E-state index contributed by atoms with van der Waals surface area (Å²) in [5.74, 6) is -1.22. The number of amides is 1. The maximum absolute atomic E-state index is 12.5. The largest absolute Gasteiger partial charge is 0.478 e. The van der Waals surface area contributed by atoms with Crippen LogP contribution in [0.5, 0.6) is 0 Å². The first-order valence-electron chi connectivity index (χ1n) is 7.59. The number of carbonyl (C=O) groups is 2. The van der Waals surface area contributed by atoms with Gasteiger partial charge in [-0.1, -0.05) is 24.6 Å². The molecule has 0 unspecified atom stereocenters. The molecule has 2 rings (SSSR count). The number of rotatable bonds is 4. The highest BCUT2D eigenvalue weighted by Gasteiger charge is 2.14. The molecule has 23 heavy (non-hydrogen) atoms. The first-order chi connectivity index (χ1) is 10.8. The molecule has 0 aliphatic rings. The number of hydrogen-bond acceptors (Lipinski definition) is 2. The molecule has 4 nitrogen and oxygen atoms in total. The van der Waals surface area contributed by atoms with Crippen molar-refractivity contribution in [2.24, 2.45) is 0 Å². The van der Waals surface area contributed by atoms with Crippen LogP contribution in [0.15, 0.2) is 30.3 Å². The Hall–Kier alpha value is -2.62. The average molecular weight is 311 g/mol. The summed E-state index contributed by atoms with van der Waals surface area (Å²) in [6, 6.07) is 8.72. The summed E-state index contributed by atoms with van der Waals surface area (Å²) in [5.41, 5.74) is 5.35. The normalized spacial score (nSPS) is 10.4. The number of carboxylic acids is 1. The molecule has 0 fully saturated rings. The highest BCUT2D eigenvalue weighted by Crippen LogP contribution is 2.24. The lowest BCUT2D eigenvalue weighted by Gasteiger charge is -2.15. The zero-order valence-electron chi connectivity index (χ0n) is 13.9. The van der Waals surface area contributed by atoms with Crippen molar-refractivity contribution in [1.82, 2.24) is 0 Å². The standard InChI is InChI=1S/C19H21NO3/c1-5-14-9-11(2)8-13(4)17(14)20-18(21)15-6-7-16(19(22)23)12(3)10-15/h6-10H,5H2,1-4H3,(H,20,21)(H,22,23). The van der Waals surface area contributed by atoms with Gasteiger partial charge >= 0.3 is 5.97 Å². The van der Waals surface area contributed by atoms with E-state index in [1.165, 1.54) is 11.6 Å². The molecular formula is C19H21NO3. The Morgan fingerprint density at radius 2 is 1.74 bits per heavy atom. The van der Waals surface area contributed by atoms with E-state index in [0.29, 0.717) is 11.1 Å². The molecule has 0 aromatic heterocycles. The molecule has 2 aromatic rings. The summed E-state index contributed by atoms with van der Waals surface area (Å²) < 4.78 is 0. The first-order valence-corrected chi connectivity index (χ1v) is 7.59. The minimum absolute atomic E-state index is 0.210. The van der Waals surface area contributed by atoms with Crippen LogP contribution in [-0.4, -0.2) is 17.0 Å². The van der Waals surface area contributed by atoms with Crippen LogP contribution in [0.25, 0.3) is 0 Å². The van der Waals surface area contributed by atoms with E-state index in [1.54, 1.807) is 19.1 Å². The van der Waals surface area contributed by atoms with Gasteiger partial charge in [-0.3, -0.25) is 4.79 Å². The SMILES string of the molecule is CCc1cc(C)cc(C)c1NC(=O)c1ccc(C(=O)O)c(C)c1. The topological polar surface area (TPSA) is 66.4 Å². The Morgan fingerprint density at radius 1 is 1.04 bits per heavy atom. The molecule has 0 aliphatic heterocycles. The average Bonchev–Trinajstić information content (AvgIpc) is 2.48. The van der Waals surface area contributed by atoms with Crippen molar-refractivity contribution >= 4 is 17.6 Å². The van der Waals surface area contributed by atoms with Gasteiger partial charge in [0.25, 0.3) is 5.91 Å². The Morgan fingerprint density at radius 3 is 2.30 bits per heavy atom. The van der Waals surface area contributed by atoms with Crippen LogP contribution in [0.3, 0.4) is 0 Å². The van der Waals surface area contributed by atoms with E-state index in [2.05, 4.69) is 18.3 Å².